The van der Waals surface area contributed by atoms with Crippen molar-refractivity contribution in [3.05, 3.63) is 69.5 Å². The van der Waals surface area contributed by atoms with Crippen LogP contribution in [0.5, 0.6) is 0 Å². The van der Waals surface area contributed by atoms with E-state index in [2.05, 4.69) is 25.0 Å². The van der Waals surface area contributed by atoms with Crippen molar-refractivity contribution in [2.24, 2.45) is 13.0 Å². The number of hydrogen-bond acceptors (Lipinski definition) is 12. The molecule has 1 aromatic carbocycles. The van der Waals surface area contributed by atoms with Crippen LogP contribution in [-0.4, -0.2) is 63.8 Å². The quantitative estimate of drug-likeness (QED) is 0.0950. The van der Waals surface area contributed by atoms with Crippen LogP contribution in [0.3, 0.4) is 0 Å². The van der Waals surface area contributed by atoms with E-state index in [4.69, 9.17) is 31.1 Å². The summed E-state index contributed by atoms with van der Waals surface area (Å²) in [4.78, 5) is 26.2. The molecule has 0 amide bonds. The smallest absolute Gasteiger partial charge is 0.390 e. The number of hydrogen-bond donors (Lipinski definition) is 3. The van der Waals surface area contributed by atoms with Crippen LogP contribution >= 0.6 is 19.3 Å². The summed E-state index contributed by atoms with van der Waals surface area (Å²) in [6.07, 6.45) is -0.0109. The Morgan fingerprint density at radius 2 is 2.07 bits per heavy atom. The Morgan fingerprint density at radius 3 is 2.74 bits per heavy atom. The average Bonchev–Trinajstić information content (AvgIpc) is 3.26. The Hall–Kier alpha value is -3.57. The number of ether oxygens (including phenoxy) is 1. The number of nitrogens with two attached hydrogens (primary N) is 1. The molecule has 0 bridgehead atoms. The topological polar surface area (TPSA) is 208 Å². The number of nitrogens with zero attached hydrogens (tertiary/aromatic N) is 7. The summed E-state index contributed by atoms with van der Waals surface area (Å²) in [5.41, 5.74) is 7.27. The summed E-state index contributed by atoms with van der Waals surface area (Å²) in [7, 11) is -2.72. The van der Waals surface area contributed by atoms with Crippen LogP contribution in [0.2, 0.25) is 5.28 Å². The van der Waals surface area contributed by atoms with Crippen LogP contribution < -0.4 is 10.8 Å². The molecule has 4 unspecified atom stereocenters. The minimum Gasteiger partial charge on any atom is -0.390 e. The van der Waals surface area contributed by atoms with Crippen molar-refractivity contribution in [3.8, 4) is 0 Å². The molecule has 222 valence electrons. The molecule has 3 aromatic heterocycles. The SMILES string of the molecule is Cn1c(COP(=O)(NCc2ccccc2)OC[C@H]2OC3(F)C(C2O)[C@@H]3n2cnc3c(N)nc(Cl)nc32)cnc1[N+](=O)[O-]. The zero-order chi connectivity index (χ0) is 29.8. The zero-order valence-corrected chi connectivity index (χ0v) is 23.4. The van der Waals surface area contributed by atoms with Gasteiger partial charge in [-0.3, -0.25) is 9.05 Å². The van der Waals surface area contributed by atoms with Crippen molar-refractivity contribution in [2.45, 2.75) is 37.3 Å². The van der Waals surface area contributed by atoms with Crippen molar-refractivity contribution in [1.29, 1.82) is 0 Å². The highest BCUT2D eigenvalue weighted by molar-refractivity contribution is 7.51. The molecule has 6 atom stereocenters. The lowest BCUT2D eigenvalue weighted by molar-refractivity contribution is -0.396. The van der Waals surface area contributed by atoms with E-state index in [1.807, 2.05) is 6.07 Å². The number of nitro groups is 1. The number of nitrogen functional groups attached to an aromatic ring is 1. The Kier molecular flexibility index (Phi) is 7.21. The molecule has 4 aromatic rings. The fourth-order valence-electron chi connectivity index (χ4n) is 5.02. The summed E-state index contributed by atoms with van der Waals surface area (Å²) >= 11 is 5.91. The van der Waals surface area contributed by atoms with Crippen LogP contribution in [0.15, 0.2) is 42.9 Å². The van der Waals surface area contributed by atoms with Gasteiger partial charge in [0.2, 0.25) is 11.1 Å². The van der Waals surface area contributed by atoms with Gasteiger partial charge in [0.25, 0.3) is 0 Å². The van der Waals surface area contributed by atoms with Gasteiger partial charge in [-0.1, -0.05) is 35.3 Å². The Bertz CT molecular complexity index is 1710. The minimum absolute atomic E-state index is 0.0229. The summed E-state index contributed by atoms with van der Waals surface area (Å²) in [5, 5.41) is 24.6. The summed E-state index contributed by atoms with van der Waals surface area (Å²) in [6, 6.07) is 8.01. The second kappa shape index (κ2) is 10.6. The number of aliphatic hydroxyl groups is 1. The predicted molar refractivity (Wildman–Crippen MR) is 143 cm³/mol. The zero-order valence-electron chi connectivity index (χ0n) is 21.8. The molecule has 16 nitrogen and oxygen atoms in total. The van der Waals surface area contributed by atoms with E-state index >= 15 is 4.39 Å². The summed E-state index contributed by atoms with van der Waals surface area (Å²) in [5.74, 6) is -3.70. The van der Waals surface area contributed by atoms with Crippen LogP contribution in [0.4, 0.5) is 16.2 Å². The van der Waals surface area contributed by atoms with Gasteiger partial charge in [-0.05, 0) is 22.1 Å². The first kappa shape index (κ1) is 28.5. The maximum Gasteiger partial charge on any atom is 0.434 e. The van der Waals surface area contributed by atoms with Gasteiger partial charge in [0.05, 0.1) is 32.0 Å². The fourth-order valence-corrected chi connectivity index (χ4v) is 6.47. The second-order valence-corrected chi connectivity index (χ2v) is 11.9. The highest BCUT2D eigenvalue weighted by atomic mass is 35.5. The van der Waals surface area contributed by atoms with Crippen LogP contribution in [0.1, 0.15) is 17.3 Å². The number of nitrogens with one attached hydrogen (secondary N) is 1. The molecule has 1 aliphatic heterocycles. The molecule has 0 spiro atoms. The third-order valence-corrected chi connectivity index (χ3v) is 8.90. The van der Waals surface area contributed by atoms with Crippen molar-refractivity contribution in [1.82, 2.24) is 34.2 Å². The minimum atomic E-state index is -4.13. The van der Waals surface area contributed by atoms with Crippen LogP contribution in [0.25, 0.3) is 11.2 Å². The molecule has 4 heterocycles. The van der Waals surface area contributed by atoms with Crippen molar-refractivity contribution < 1.29 is 32.8 Å². The lowest BCUT2D eigenvalue weighted by atomic mass is 10.1. The van der Waals surface area contributed by atoms with E-state index in [9.17, 15) is 19.8 Å². The number of imidazole rings is 2. The molecule has 2 fully saturated rings. The van der Waals surface area contributed by atoms with Crippen LogP contribution in [-0.2, 0) is 38.5 Å². The van der Waals surface area contributed by atoms with E-state index in [1.54, 1.807) is 24.3 Å². The summed E-state index contributed by atoms with van der Waals surface area (Å²) in [6.45, 7) is -0.771. The molecular formula is C23H24ClFN9O7P. The maximum atomic E-state index is 15.8. The van der Waals surface area contributed by atoms with E-state index in [0.717, 1.165) is 5.56 Å². The van der Waals surface area contributed by atoms with Gasteiger partial charge in [-0.2, -0.15) is 9.97 Å². The molecule has 19 heteroatoms. The fraction of sp³-hybridized carbons (Fsp3) is 0.391. The molecule has 2 aliphatic rings. The number of halogens is 2. The van der Waals surface area contributed by atoms with Crippen molar-refractivity contribution in [2.75, 3.05) is 12.3 Å². The third-order valence-electron chi connectivity index (χ3n) is 7.22. The normalized spacial score (nSPS) is 26.3. The number of fused-ring (bicyclic) bond motifs is 2. The number of anilines is 1. The lowest BCUT2D eigenvalue weighted by Gasteiger charge is -2.24. The van der Waals surface area contributed by atoms with Gasteiger partial charge >= 0.3 is 13.7 Å². The van der Waals surface area contributed by atoms with Gasteiger partial charge in [0.15, 0.2) is 11.5 Å². The molecule has 42 heavy (non-hydrogen) atoms. The number of aliphatic hydroxyl groups excluding tert-OH is 1. The highest BCUT2D eigenvalue weighted by Crippen LogP contribution is 2.66. The van der Waals surface area contributed by atoms with E-state index in [-0.39, 0.29) is 41.1 Å². The first-order valence-electron chi connectivity index (χ1n) is 12.5. The Morgan fingerprint density at radius 1 is 1.31 bits per heavy atom. The van der Waals surface area contributed by atoms with Gasteiger partial charge in [-0.25, -0.2) is 23.6 Å². The van der Waals surface area contributed by atoms with Crippen molar-refractivity contribution in [3.63, 3.8) is 0 Å². The van der Waals surface area contributed by atoms with Gasteiger partial charge in [0, 0.05) is 6.54 Å². The van der Waals surface area contributed by atoms with E-state index in [1.165, 1.54) is 28.7 Å². The predicted octanol–water partition coefficient (Wildman–Crippen LogP) is 2.43. The number of benzene rings is 1. The molecule has 1 aliphatic carbocycles. The first-order chi connectivity index (χ1) is 20.0. The van der Waals surface area contributed by atoms with E-state index in [0.29, 0.717) is 0 Å². The Labute approximate surface area is 241 Å². The number of alkyl halides is 1. The molecular weight excluding hydrogens is 600 g/mol. The standard InChI is InChI=1S/C23H24ClFN9O7P/c1-32-13(8-27-22(32)34(36)37)9-39-42(38,29-7-12-5-3-2-4-6-12)40-10-14-17(35)15-18(23(15,25)41-14)33-11-28-16-19(26)30-21(24)31-20(16)33/h2-6,8,11,14-15,17-18,35H,7,9-10H2,1H3,(H,29,38)(H2,26,30,31)/t14-,15?,17?,18+,23?,42?/m1/s1. The molecule has 6 rings (SSSR count). The number of aromatic nitrogens is 6. The third kappa shape index (κ3) is 5.02. The molecule has 1 saturated carbocycles. The lowest BCUT2D eigenvalue weighted by Crippen LogP contribution is -2.33. The number of rotatable bonds is 11. The van der Waals surface area contributed by atoms with Crippen LogP contribution in [0, 0.1) is 16.0 Å². The second-order valence-electron chi connectivity index (χ2n) is 9.77. The monoisotopic (exact) mass is 623 g/mol. The molecule has 1 saturated heterocycles. The maximum absolute atomic E-state index is 15.8. The highest BCUT2D eigenvalue weighted by Gasteiger charge is 2.78. The summed E-state index contributed by atoms with van der Waals surface area (Å²) < 4.78 is 48.8. The largest absolute Gasteiger partial charge is 0.434 e. The van der Waals surface area contributed by atoms with Crippen molar-refractivity contribution >= 4 is 42.3 Å². The van der Waals surface area contributed by atoms with Gasteiger partial charge in [0.1, 0.15) is 36.2 Å². The van der Waals surface area contributed by atoms with E-state index < -0.39 is 55.2 Å². The van der Waals surface area contributed by atoms with Gasteiger partial charge in [-0.15, -0.1) is 0 Å². The van der Waals surface area contributed by atoms with Gasteiger partial charge < -0.3 is 30.3 Å². The Balaban J connectivity index is 1.15. The molecule has 4 N–H and O–H groups in total. The molecule has 0 radical (unpaired) electrons. The average molecular weight is 624 g/mol. The first-order valence-corrected chi connectivity index (χ1v) is 14.5.